The van der Waals surface area contributed by atoms with Crippen molar-refractivity contribution in [2.24, 2.45) is 5.92 Å². The second-order valence-electron chi connectivity index (χ2n) is 6.42. The number of nitriles is 1. The number of pyridine rings is 1. The van der Waals surface area contributed by atoms with Gasteiger partial charge in [-0.2, -0.15) is 5.26 Å². The molecule has 0 saturated heterocycles. The van der Waals surface area contributed by atoms with Crippen molar-refractivity contribution in [2.75, 3.05) is 0 Å². The first-order valence-electron chi connectivity index (χ1n) is 8.11. The van der Waals surface area contributed by atoms with E-state index < -0.39 is 0 Å². The number of aromatic amines is 1. The zero-order valence-corrected chi connectivity index (χ0v) is 13.3. The standard InChI is InChI=1S/C18H17N5O/c1-10(12-3-4-12)21-17(24)7-16-22-15-9-20-14-5-2-11(8-19)6-13(14)18(15)23-16/h2,5-6,9-10,12H,3-4,7H2,1H3,(H,21,24)(H,22,23)/t10-/m0/s1. The molecule has 0 radical (unpaired) electrons. The molecule has 4 rings (SSSR count). The van der Waals surface area contributed by atoms with Crippen molar-refractivity contribution in [2.45, 2.75) is 32.2 Å². The van der Waals surface area contributed by atoms with Crippen LogP contribution in [0.5, 0.6) is 0 Å². The van der Waals surface area contributed by atoms with E-state index in [0.717, 1.165) is 21.9 Å². The Morgan fingerprint density at radius 3 is 3.08 bits per heavy atom. The lowest BCUT2D eigenvalue weighted by Gasteiger charge is -2.11. The van der Waals surface area contributed by atoms with Gasteiger partial charge in [-0.3, -0.25) is 9.78 Å². The van der Waals surface area contributed by atoms with Crippen LogP contribution in [0.3, 0.4) is 0 Å². The van der Waals surface area contributed by atoms with Gasteiger partial charge in [0.25, 0.3) is 0 Å². The molecule has 0 bridgehead atoms. The molecule has 0 aliphatic heterocycles. The molecule has 24 heavy (non-hydrogen) atoms. The first kappa shape index (κ1) is 14.6. The van der Waals surface area contributed by atoms with E-state index in [2.05, 4.69) is 33.3 Å². The number of hydrogen-bond donors (Lipinski definition) is 2. The SMILES string of the molecule is C[C@H](NC(=O)Cc1nc2c(cnc3ccc(C#N)cc32)[nH]1)C1CC1. The molecule has 1 saturated carbocycles. The Morgan fingerprint density at radius 1 is 1.50 bits per heavy atom. The minimum atomic E-state index is -0.0246. The molecule has 1 atom stereocenters. The smallest absolute Gasteiger partial charge is 0.227 e. The Hall–Kier alpha value is -2.94. The number of amides is 1. The van der Waals surface area contributed by atoms with Crippen LogP contribution in [-0.2, 0) is 11.2 Å². The third kappa shape index (κ3) is 2.69. The van der Waals surface area contributed by atoms with Gasteiger partial charge in [-0.15, -0.1) is 0 Å². The van der Waals surface area contributed by atoms with Crippen molar-refractivity contribution in [3.8, 4) is 6.07 Å². The van der Waals surface area contributed by atoms with Gasteiger partial charge in [0.2, 0.25) is 5.91 Å². The minimum absolute atomic E-state index is 0.0246. The molecule has 2 aromatic heterocycles. The molecule has 0 spiro atoms. The Balaban J connectivity index is 1.63. The average molecular weight is 319 g/mol. The van der Waals surface area contributed by atoms with Gasteiger partial charge in [0.15, 0.2) is 0 Å². The number of nitrogens with one attached hydrogen (secondary N) is 2. The van der Waals surface area contributed by atoms with E-state index in [-0.39, 0.29) is 18.4 Å². The number of fused-ring (bicyclic) bond motifs is 3. The van der Waals surface area contributed by atoms with Crippen LogP contribution in [0.1, 0.15) is 31.2 Å². The van der Waals surface area contributed by atoms with Gasteiger partial charge in [0, 0.05) is 11.4 Å². The summed E-state index contributed by atoms with van der Waals surface area (Å²) >= 11 is 0. The molecule has 2 heterocycles. The Bertz CT molecular complexity index is 980. The lowest BCUT2D eigenvalue weighted by molar-refractivity contribution is -0.121. The van der Waals surface area contributed by atoms with Gasteiger partial charge < -0.3 is 10.3 Å². The van der Waals surface area contributed by atoms with E-state index in [1.807, 2.05) is 6.07 Å². The number of hydrogen-bond acceptors (Lipinski definition) is 4. The summed E-state index contributed by atoms with van der Waals surface area (Å²) in [5, 5.41) is 12.9. The summed E-state index contributed by atoms with van der Waals surface area (Å²) in [5.41, 5.74) is 2.87. The lowest BCUT2D eigenvalue weighted by atomic mass is 10.1. The molecular weight excluding hydrogens is 302 g/mol. The van der Waals surface area contributed by atoms with Gasteiger partial charge in [-0.05, 0) is 43.9 Å². The second-order valence-corrected chi connectivity index (χ2v) is 6.42. The maximum atomic E-state index is 12.2. The van der Waals surface area contributed by atoms with Gasteiger partial charge >= 0.3 is 0 Å². The minimum Gasteiger partial charge on any atom is -0.353 e. The first-order valence-corrected chi connectivity index (χ1v) is 8.11. The number of nitrogens with zero attached hydrogens (tertiary/aromatic N) is 3. The van der Waals surface area contributed by atoms with Crippen LogP contribution in [-0.4, -0.2) is 26.9 Å². The highest BCUT2D eigenvalue weighted by Crippen LogP contribution is 2.32. The van der Waals surface area contributed by atoms with Crippen LogP contribution in [0.25, 0.3) is 21.9 Å². The van der Waals surface area contributed by atoms with E-state index in [1.165, 1.54) is 12.8 Å². The van der Waals surface area contributed by atoms with Crippen LogP contribution < -0.4 is 5.32 Å². The van der Waals surface area contributed by atoms with Crippen molar-refractivity contribution in [3.05, 3.63) is 35.8 Å². The molecule has 6 heteroatoms. The summed E-state index contributed by atoms with van der Waals surface area (Å²) in [7, 11) is 0. The highest BCUT2D eigenvalue weighted by molar-refractivity contribution is 6.02. The largest absolute Gasteiger partial charge is 0.353 e. The molecule has 1 aromatic carbocycles. The van der Waals surface area contributed by atoms with Gasteiger partial charge in [0.1, 0.15) is 5.82 Å². The fraction of sp³-hybridized carbons (Fsp3) is 0.333. The van der Waals surface area contributed by atoms with Crippen LogP contribution in [0.15, 0.2) is 24.4 Å². The summed E-state index contributed by atoms with van der Waals surface area (Å²) in [6.45, 7) is 2.05. The highest BCUT2D eigenvalue weighted by atomic mass is 16.1. The maximum absolute atomic E-state index is 12.2. The van der Waals surface area contributed by atoms with Gasteiger partial charge in [-0.1, -0.05) is 0 Å². The Labute approximate surface area is 138 Å². The molecule has 120 valence electrons. The highest BCUT2D eigenvalue weighted by Gasteiger charge is 2.28. The Kier molecular flexibility index (Phi) is 3.42. The summed E-state index contributed by atoms with van der Waals surface area (Å²) < 4.78 is 0. The topological polar surface area (TPSA) is 94.5 Å². The number of H-pyrrole nitrogens is 1. The molecule has 3 aromatic rings. The number of rotatable bonds is 4. The van der Waals surface area contributed by atoms with Crippen molar-refractivity contribution < 1.29 is 4.79 Å². The van der Waals surface area contributed by atoms with Crippen molar-refractivity contribution in [1.82, 2.24) is 20.3 Å². The summed E-state index contributed by atoms with van der Waals surface area (Å²) in [6, 6.07) is 7.69. The quantitative estimate of drug-likeness (QED) is 0.772. The maximum Gasteiger partial charge on any atom is 0.227 e. The number of carbonyl (C=O) groups excluding carboxylic acids is 1. The molecule has 0 unspecified atom stereocenters. The van der Waals surface area contributed by atoms with E-state index in [1.54, 1.807) is 18.3 Å². The molecule has 2 N–H and O–H groups in total. The van der Waals surface area contributed by atoms with Crippen molar-refractivity contribution in [3.63, 3.8) is 0 Å². The number of aromatic nitrogens is 3. The molecule has 1 fully saturated rings. The fourth-order valence-electron chi connectivity index (χ4n) is 3.03. The molecule has 1 amide bonds. The predicted molar refractivity (Wildman–Crippen MR) is 90.1 cm³/mol. The van der Waals surface area contributed by atoms with Gasteiger partial charge in [-0.25, -0.2) is 4.98 Å². The van der Waals surface area contributed by atoms with E-state index in [0.29, 0.717) is 17.3 Å². The summed E-state index contributed by atoms with van der Waals surface area (Å²) in [6.07, 6.45) is 4.33. The molecule has 6 nitrogen and oxygen atoms in total. The van der Waals surface area contributed by atoms with E-state index in [9.17, 15) is 4.79 Å². The van der Waals surface area contributed by atoms with Crippen LogP contribution in [0.2, 0.25) is 0 Å². The summed E-state index contributed by atoms with van der Waals surface area (Å²) in [4.78, 5) is 24.3. The van der Waals surface area contributed by atoms with Crippen molar-refractivity contribution >= 4 is 27.8 Å². The zero-order valence-electron chi connectivity index (χ0n) is 13.3. The van der Waals surface area contributed by atoms with Crippen LogP contribution >= 0.6 is 0 Å². The third-order valence-electron chi connectivity index (χ3n) is 4.54. The Morgan fingerprint density at radius 2 is 2.33 bits per heavy atom. The molecule has 1 aliphatic rings. The van der Waals surface area contributed by atoms with Crippen LogP contribution in [0.4, 0.5) is 0 Å². The average Bonchev–Trinajstić information content (AvgIpc) is 3.34. The lowest BCUT2D eigenvalue weighted by Crippen LogP contribution is -2.35. The van der Waals surface area contributed by atoms with E-state index >= 15 is 0 Å². The molecule has 1 aliphatic carbocycles. The zero-order chi connectivity index (χ0) is 16.7. The molecular formula is C18H17N5O. The monoisotopic (exact) mass is 319 g/mol. The fourth-order valence-corrected chi connectivity index (χ4v) is 3.03. The first-order chi connectivity index (χ1) is 11.6. The number of benzene rings is 1. The van der Waals surface area contributed by atoms with E-state index in [4.69, 9.17) is 5.26 Å². The third-order valence-corrected chi connectivity index (χ3v) is 4.54. The number of imidazole rings is 1. The van der Waals surface area contributed by atoms with Crippen molar-refractivity contribution in [1.29, 1.82) is 5.26 Å². The number of carbonyl (C=O) groups is 1. The predicted octanol–water partition coefficient (Wildman–Crippen LogP) is 2.44. The van der Waals surface area contributed by atoms with Crippen LogP contribution in [0, 0.1) is 17.2 Å². The second kappa shape index (κ2) is 5.60. The summed E-state index contributed by atoms with van der Waals surface area (Å²) in [5.74, 6) is 1.22. The van der Waals surface area contributed by atoms with Gasteiger partial charge in [0.05, 0.1) is 40.8 Å². The normalized spacial score (nSPS) is 15.3.